The smallest absolute Gasteiger partial charge is 0.255 e. The highest BCUT2D eigenvalue weighted by atomic mass is 79.9. The van der Waals surface area contributed by atoms with Crippen LogP contribution in [0.15, 0.2) is 80.1 Å². The van der Waals surface area contributed by atoms with E-state index in [4.69, 9.17) is 11.5 Å². The topological polar surface area (TPSA) is 115 Å². The fraction of sp³-hybridized carbons (Fsp3) is 0. The molecule has 5 N–H and O–H groups in total. The maximum absolute atomic E-state index is 12.1. The number of primary amides is 2. The Hall–Kier alpha value is -2.49. The third kappa shape index (κ3) is 7.08. The van der Waals surface area contributed by atoms with Crippen LogP contribution in [0.3, 0.4) is 0 Å². The molecule has 0 saturated heterocycles. The highest BCUT2D eigenvalue weighted by Gasteiger charge is 2.12. The van der Waals surface area contributed by atoms with Gasteiger partial charge < -0.3 is 16.8 Å². The molecule has 0 unspecified atom stereocenters. The van der Waals surface area contributed by atoms with Crippen LogP contribution in [-0.2, 0) is 0 Å². The van der Waals surface area contributed by atoms with Crippen molar-refractivity contribution in [1.82, 2.24) is 0 Å². The van der Waals surface area contributed by atoms with Crippen molar-refractivity contribution in [3.8, 4) is 0 Å². The molecule has 0 bridgehead atoms. The first-order chi connectivity index (χ1) is 14.2. The molecule has 0 aliphatic rings. The van der Waals surface area contributed by atoms with E-state index in [1.165, 1.54) is 0 Å². The summed E-state index contributed by atoms with van der Waals surface area (Å²) >= 11 is 9.84. The van der Waals surface area contributed by atoms with Crippen LogP contribution < -0.4 is 16.8 Å². The first kappa shape index (κ1) is 23.8. The minimum atomic E-state index is -0.594. The number of amides is 3. The van der Waals surface area contributed by atoms with E-state index >= 15 is 0 Å². The van der Waals surface area contributed by atoms with E-state index in [0.29, 0.717) is 16.8 Å². The largest absolute Gasteiger partial charge is 0.366 e. The van der Waals surface area contributed by atoms with E-state index in [0.717, 1.165) is 13.4 Å². The summed E-state index contributed by atoms with van der Waals surface area (Å²) in [6.07, 6.45) is 0. The second kappa shape index (κ2) is 11.1. The zero-order valence-electron chi connectivity index (χ0n) is 15.4. The van der Waals surface area contributed by atoms with Gasteiger partial charge in [-0.25, -0.2) is 0 Å². The monoisotopic (exact) mass is 595 g/mol. The van der Waals surface area contributed by atoms with Crippen molar-refractivity contribution in [3.63, 3.8) is 0 Å². The summed E-state index contributed by atoms with van der Waals surface area (Å²) in [5, 5.41) is 2.68. The van der Waals surface area contributed by atoms with Gasteiger partial charge in [-0.05, 0) is 66.7 Å². The molecule has 3 rings (SSSR count). The van der Waals surface area contributed by atoms with Gasteiger partial charge in [-0.15, -0.1) is 0 Å². The standard InChI is InChI=1S/C14H10Br2N2O2.C7H6BrNO/c15-9-3-1-8(2-4-9)14(20)18-12-7-10(16)5-6-11(12)13(17)19;8-6-3-1-5(2-4-6)7(9)10/h1-7H,(H2,17,19)(H,18,20);1-4H,(H2,9,10). The number of carbonyl (C=O) groups is 3. The first-order valence-electron chi connectivity index (χ1n) is 8.39. The summed E-state index contributed by atoms with van der Waals surface area (Å²) in [4.78, 5) is 34.0. The van der Waals surface area contributed by atoms with E-state index in [-0.39, 0.29) is 11.5 Å². The Kier molecular flexibility index (Phi) is 8.76. The maximum Gasteiger partial charge on any atom is 0.255 e. The number of nitrogens with two attached hydrogens (primary N) is 2. The number of hydrogen-bond donors (Lipinski definition) is 3. The van der Waals surface area contributed by atoms with Gasteiger partial charge in [0, 0.05) is 24.5 Å². The van der Waals surface area contributed by atoms with Gasteiger partial charge in [-0.3, -0.25) is 14.4 Å². The summed E-state index contributed by atoms with van der Waals surface area (Å²) in [5.41, 5.74) is 12.0. The van der Waals surface area contributed by atoms with E-state index < -0.39 is 11.8 Å². The fourth-order valence-corrected chi connectivity index (χ4v) is 3.13. The van der Waals surface area contributed by atoms with Gasteiger partial charge in [0.05, 0.1) is 11.3 Å². The van der Waals surface area contributed by atoms with Crippen molar-refractivity contribution in [3.05, 3.63) is 96.8 Å². The van der Waals surface area contributed by atoms with Crippen LogP contribution in [0.1, 0.15) is 31.1 Å². The summed E-state index contributed by atoms with van der Waals surface area (Å²) in [6, 6.07) is 18.7. The molecule has 30 heavy (non-hydrogen) atoms. The molecule has 6 nitrogen and oxygen atoms in total. The van der Waals surface area contributed by atoms with Gasteiger partial charge in [0.1, 0.15) is 0 Å². The number of rotatable bonds is 4. The fourth-order valence-electron chi connectivity index (χ4n) is 2.24. The van der Waals surface area contributed by atoms with Crippen molar-refractivity contribution in [1.29, 1.82) is 0 Å². The highest BCUT2D eigenvalue weighted by Crippen LogP contribution is 2.22. The second-order valence-electron chi connectivity index (χ2n) is 5.89. The molecule has 0 radical (unpaired) electrons. The van der Waals surface area contributed by atoms with Gasteiger partial charge in [-0.2, -0.15) is 0 Å². The number of benzene rings is 3. The number of anilines is 1. The van der Waals surface area contributed by atoms with E-state index in [1.807, 2.05) is 0 Å². The number of halogens is 3. The third-order valence-corrected chi connectivity index (χ3v) is 5.28. The molecule has 3 aromatic rings. The van der Waals surface area contributed by atoms with Crippen molar-refractivity contribution in [2.24, 2.45) is 11.5 Å². The summed E-state index contributed by atoms with van der Waals surface area (Å²) < 4.78 is 2.57. The van der Waals surface area contributed by atoms with Crippen molar-refractivity contribution >= 4 is 71.2 Å². The molecule has 0 aliphatic heterocycles. The molecule has 3 aromatic carbocycles. The van der Waals surface area contributed by atoms with Crippen molar-refractivity contribution < 1.29 is 14.4 Å². The Morgan fingerprint density at radius 2 is 1.10 bits per heavy atom. The Bertz CT molecular complexity index is 1070. The SMILES string of the molecule is NC(=O)c1ccc(Br)cc1.NC(=O)c1ccc(Br)cc1NC(=O)c1ccc(Br)cc1. The number of carbonyl (C=O) groups excluding carboxylic acids is 3. The Morgan fingerprint density at radius 3 is 1.57 bits per heavy atom. The van der Waals surface area contributed by atoms with E-state index in [2.05, 4.69) is 53.1 Å². The van der Waals surface area contributed by atoms with Gasteiger partial charge in [0.25, 0.3) is 11.8 Å². The lowest BCUT2D eigenvalue weighted by molar-refractivity contribution is 0.0991. The molecule has 0 atom stereocenters. The average Bonchev–Trinajstić information content (AvgIpc) is 2.69. The van der Waals surface area contributed by atoms with Gasteiger partial charge in [0.2, 0.25) is 5.91 Å². The van der Waals surface area contributed by atoms with Gasteiger partial charge in [-0.1, -0.05) is 47.8 Å². The zero-order chi connectivity index (χ0) is 22.3. The van der Waals surface area contributed by atoms with E-state index in [1.54, 1.807) is 66.7 Å². The number of hydrogen-bond acceptors (Lipinski definition) is 3. The highest BCUT2D eigenvalue weighted by molar-refractivity contribution is 9.11. The van der Waals surface area contributed by atoms with Gasteiger partial charge >= 0.3 is 0 Å². The normalized spacial score (nSPS) is 9.83. The van der Waals surface area contributed by atoms with Crippen LogP contribution in [-0.4, -0.2) is 17.7 Å². The lowest BCUT2D eigenvalue weighted by atomic mass is 10.1. The molecule has 0 heterocycles. The average molecular weight is 598 g/mol. The Labute approximate surface area is 198 Å². The molecule has 0 aliphatic carbocycles. The van der Waals surface area contributed by atoms with Crippen LogP contribution in [0.5, 0.6) is 0 Å². The molecular weight excluding hydrogens is 582 g/mol. The molecule has 0 aromatic heterocycles. The Morgan fingerprint density at radius 1 is 0.633 bits per heavy atom. The lowest BCUT2D eigenvalue weighted by Crippen LogP contribution is -2.18. The Balaban J connectivity index is 0.000000269. The van der Waals surface area contributed by atoms with Crippen molar-refractivity contribution in [2.45, 2.75) is 0 Å². The third-order valence-electron chi connectivity index (χ3n) is 3.73. The zero-order valence-corrected chi connectivity index (χ0v) is 20.1. The summed E-state index contributed by atoms with van der Waals surface area (Å²) in [6.45, 7) is 0. The molecule has 0 saturated carbocycles. The van der Waals surface area contributed by atoms with Crippen LogP contribution in [0.25, 0.3) is 0 Å². The van der Waals surface area contributed by atoms with E-state index in [9.17, 15) is 14.4 Å². The first-order valence-corrected chi connectivity index (χ1v) is 10.8. The summed E-state index contributed by atoms with van der Waals surface area (Å²) in [7, 11) is 0. The minimum absolute atomic E-state index is 0.263. The molecule has 9 heteroatoms. The second-order valence-corrected chi connectivity index (χ2v) is 8.63. The molecular formula is C21H16Br3N3O3. The van der Waals surface area contributed by atoms with Crippen molar-refractivity contribution in [2.75, 3.05) is 5.32 Å². The molecule has 3 amide bonds. The van der Waals surface area contributed by atoms with Crippen LogP contribution in [0.4, 0.5) is 5.69 Å². The quantitative estimate of drug-likeness (QED) is 0.388. The molecule has 0 fully saturated rings. The van der Waals surface area contributed by atoms with Crippen LogP contribution in [0.2, 0.25) is 0 Å². The molecule has 154 valence electrons. The van der Waals surface area contributed by atoms with Gasteiger partial charge in [0.15, 0.2) is 0 Å². The number of nitrogens with one attached hydrogen (secondary N) is 1. The van der Waals surface area contributed by atoms with Crippen LogP contribution >= 0.6 is 47.8 Å². The predicted molar refractivity (Wildman–Crippen MR) is 127 cm³/mol. The minimum Gasteiger partial charge on any atom is -0.366 e. The predicted octanol–water partition coefficient (Wildman–Crippen LogP) is 5.11. The molecule has 0 spiro atoms. The maximum atomic E-state index is 12.1. The lowest BCUT2D eigenvalue weighted by Gasteiger charge is -2.09. The summed E-state index contributed by atoms with van der Waals surface area (Å²) in [5.74, 6) is -1.30. The van der Waals surface area contributed by atoms with Crippen LogP contribution in [0, 0.1) is 0 Å².